The van der Waals surface area contributed by atoms with Crippen molar-refractivity contribution in [2.75, 3.05) is 20.2 Å². The molecule has 0 aromatic carbocycles. The maximum Gasteiger partial charge on any atom is 0.337 e. The van der Waals surface area contributed by atoms with Gasteiger partial charge < -0.3 is 15.4 Å². The summed E-state index contributed by atoms with van der Waals surface area (Å²) < 4.78 is 6.25. The van der Waals surface area contributed by atoms with E-state index in [1.165, 1.54) is 4.88 Å². The zero-order valence-corrected chi connectivity index (χ0v) is 16.4. The molecule has 1 aromatic rings. The molecule has 24 heavy (non-hydrogen) atoms. The number of carbonyl (C=O) groups excluding carboxylic acids is 2. The Morgan fingerprint density at radius 2 is 2.12 bits per heavy atom. The lowest BCUT2D eigenvalue weighted by Gasteiger charge is -2.30. The Hall–Kier alpha value is -1.38. The van der Waals surface area contributed by atoms with E-state index in [9.17, 15) is 9.59 Å². The van der Waals surface area contributed by atoms with Gasteiger partial charge in [-0.1, -0.05) is 6.92 Å². The Labute approximate surface area is 154 Å². The van der Waals surface area contributed by atoms with Gasteiger partial charge in [0.1, 0.15) is 0 Å². The maximum absolute atomic E-state index is 12.3. The zero-order valence-electron chi connectivity index (χ0n) is 14.0. The molecule has 1 aliphatic heterocycles. The van der Waals surface area contributed by atoms with Gasteiger partial charge in [0.05, 0.1) is 22.0 Å². The number of nitrogens with one attached hydrogen (secondary N) is 2. The standard InChI is InChI=1S/C16H22BrN3O3S/c1-4-11-14(15(21)23-5-2)12(19-16(22)18-11)9-20(3)8-10-6-7-13(17)24-10/h6-7,11H,4-5,8-9H2,1-3H3,(H2,18,19,22)/t11-/m1/s1. The van der Waals surface area contributed by atoms with Crippen LogP contribution in [0.2, 0.25) is 0 Å². The summed E-state index contributed by atoms with van der Waals surface area (Å²) in [6.45, 7) is 5.21. The van der Waals surface area contributed by atoms with E-state index < -0.39 is 0 Å². The molecule has 2 N–H and O–H groups in total. The Morgan fingerprint density at radius 1 is 1.38 bits per heavy atom. The molecule has 2 heterocycles. The van der Waals surface area contributed by atoms with Crippen LogP contribution in [-0.4, -0.2) is 43.1 Å². The predicted molar refractivity (Wildman–Crippen MR) is 97.8 cm³/mol. The zero-order chi connectivity index (χ0) is 17.7. The van der Waals surface area contributed by atoms with E-state index in [-0.39, 0.29) is 18.0 Å². The molecule has 6 nitrogen and oxygen atoms in total. The largest absolute Gasteiger partial charge is 0.463 e. The molecule has 0 aliphatic carbocycles. The van der Waals surface area contributed by atoms with Crippen LogP contribution in [-0.2, 0) is 16.1 Å². The van der Waals surface area contributed by atoms with Crippen LogP contribution in [0.4, 0.5) is 4.79 Å². The number of hydrogen-bond acceptors (Lipinski definition) is 5. The molecule has 0 bridgehead atoms. The molecule has 1 atom stereocenters. The first kappa shape index (κ1) is 19.0. The summed E-state index contributed by atoms with van der Waals surface area (Å²) >= 11 is 5.12. The fourth-order valence-corrected chi connectivity index (χ4v) is 4.18. The van der Waals surface area contributed by atoms with Crippen molar-refractivity contribution in [2.24, 2.45) is 0 Å². The number of hydrogen-bond donors (Lipinski definition) is 2. The van der Waals surface area contributed by atoms with E-state index in [4.69, 9.17) is 4.74 Å². The van der Waals surface area contributed by atoms with Crippen molar-refractivity contribution in [1.29, 1.82) is 0 Å². The van der Waals surface area contributed by atoms with Crippen LogP contribution < -0.4 is 10.6 Å². The number of halogens is 1. The fraction of sp³-hybridized carbons (Fsp3) is 0.500. The van der Waals surface area contributed by atoms with Crippen LogP contribution in [0.5, 0.6) is 0 Å². The maximum atomic E-state index is 12.3. The third-order valence-corrected chi connectivity index (χ3v) is 5.24. The second kappa shape index (κ2) is 8.64. The van der Waals surface area contributed by atoms with Crippen molar-refractivity contribution in [3.63, 3.8) is 0 Å². The highest BCUT2D eigenvalue weighted by atomic mass is 79.9. The van der Waals surface area contributed by atoms with Gasteiger partial charge in [-0.05, 0) is 48.5 Å². The molecular weight excluding hydrogens is 394 g/mol. The number of amides is 2. The number of rotatable bonds is 7. The van der Waals surface area contributed by atoms with Crippen LogP contribution in [0.15, 0.2) is 27.2 Å². The average Bonchev–Trinajstić information content (AvgIpc) is 2.91. The smallest absolute Gasteiger partial charge is 0.337 e. The quantitative estimate of drug-likeness (QED) is 0.671. The highest BCUT2D eigenvalue weighted by molar-refractivity contribution is 9.11. The van der Waals surface area contributed by atoms with E-state index in [0.29, 0.717) is 30.8 Å². The Balaban J connectivity index is 2.19. The predicted octanol–water partition coefficient (Wildman–Crippen LogP) is 2.85. The van der Waals surface area contributed by atoms with Crippen molar-refractivity contribution in [3.8, 4) is 0 Å². The van der Waals surface area contributed by atoms with Gasteiger partial charge in [0, 0.05) is 23.7 Å². The van der Waals surface area contributed by atoms with Gasteiger partial charge in [-0.15, -0.1) is 11.3 Å². The third kappa shape index (κ3) is 4.81. The molecule has 2 rings (SSSR count). The second-order valence-corrected chi connectivity index (χ2v) is 8.10. The van der Waals surface area contributed by atoms with Crippen LogP contribution in [0.3, 0.4) is 0 Å². The fourth-order valence-electron chi connectivity index (χ4n) is 2.61. The number of thiophene rings is 1. The number of carbonyl (C=O) groups is 2. The minimum absolute atomic E-state index is 0.280. The number of urea groups is 1. The van der Waals surface area contributed by atoms with Crippen LogP contribution in [0.25, 0.3) is 0 Å². The highest BCUT2D eigenvalue weighted by Crippen LogP contribution is 2.24. The average molecular weight is 416 g/mol. The van der Waals surface area contributed by atoms with Crippen molar-refractivity contribution < 1.29 is 14.3 Å². The summed E-state index contributed by atoms with van der Waals surface area (Å²) in [6, 6.07) is 3.47. The van der Waals surface area contributed by atoms with Crippen molar-refractivity contribution >= 4 is 39.3 Å². The molecule has 8 heteroatoms. The van der Waals surface area contributed by atoms with Gasteiger partial charge in [0.25, 0.3) is 0 Å². The molecular formula is C16H22BrN3O3S. The highest BCUT2D eigenvalue weighted by Gasteiger charge is 2.31. The topological polar surface area (TPSA) is 70.7 Å². The summed E-state index contributed by atoms with van der Waals surface area (Å²) in [7, 11) is 1.96. The number of nitrogens with zero attached hydrogens (tertiary/aromatic N) is 1. The Kier molecular flexibility index (Phi) is 6.82. The number of ether oxygens (including phenoxy) is 1. The van der Waals surface area contributed by atoms with E-state index in [0.717, 1.165) is 10.3 Å². The number of likely N-dealkylation sites (N-methyl/N-ethyl adjacent to an activating group) is 1. The molecule has 0 radical (unpaired) electrons. The summed E-state index contributed by atoms with van der Waals surface area (Å²) in [5.74, 6) is -0.376. The molecule has 132 valence electrons. The Morgan fingerprint density at radius 3 is 2.71 bits per heavy atom. The monoisotopic (exact) mass is 415 g/mol. The normalized spacial score (nSPS) is 17.7. The van der Waals surface area contributed by atoms with Crippen molar-refractivity contribution in [3.05, 3.63) is 32.1 Å². The van der Waals surface area contributed by atoms with Crippen molar-refractivity contribution in [1.82, 2.24) is 15.5 Å². The number of esters is 1. The minimum Gasteiger partial charge on any atom is -0.463 e. The minimum atomic E-state index is -0.376. The summed E-state index contributed by atoms with van der Waals surface area (Å²) in [4.78, 5) is 27.5. The van der Waals surface area contributed by atoms with Gasteiger partial charge in [-0.25, -0.2) is 9.59 Å². The molecule has 0 saturated heterocycles. The molecule has 0 spiro atoms. The van der Waals surface area contributed by atoms with Crippen LogP contribution >= 0.6 is 27.3 Å². The second-order valence-electron chi connectivity index (χ2n) is 5.55. The molecule has 1 aromatic heterocycles. The van der Waals surface area contributed by atoms with Crippen LogP contribution in [0.1, 0.15) is 25.1 Å². The molecule has 0 fully saturated rings. The summed E-state index contributed by atoms with van der Waals surface area (Å²) in [6.07, 6.45) is 0.632. The van der Waals surface area contributed by atoms with E-state index in [2.05, 4.69) is 37.5 Å². The van der Waals surface area contributed by atoms with Gasteiger partial charge >= 0.3 is 12.0 Å². The molecule has 0 unspecified atom stereocenters. The van der Waals surface area contributed by atoms with Crippen molar-refractivity contribution in [2.45, 2.75) is 32.9 Å². The lowest BCUT2D eigenvalue weighted by molar-refractivity contribution is -0.139. The van der Waals surface area contributed by atoms with Crippen LogP contribution in [0, 0.1) is 0 Å². The van der Waals surface area contributed by atoms with Gasteiger partial charge in [0.2, 0.25) is 0 Å². The van der Waals surface area contributed by atoms with Gasteiger partial charge in [-0.2, -0.15) is 0 Å². The first-order valence-electron chi connectivity index (χ1n) is 7.85. The van der Waals surface area contributed by atoms with E-state index in [1.807, 2.05) is 20.0 Å². The summed E-state index contributed by atoms with van der Waals surface area (Å²) in [5.41, 5.74) is 1.13. The lowest BCUT2D eigenvalue weighted by atomic mass is 10.00. The van der Waals surface area contributed by atoms with E-state index >= 15 is 0 Å². The first-order valence-corrected chi connectivity index (χ1v) is 9.46. The SMILES string of the molecule is CCOC(=O)C1=C(CN(C)Cc2ccc(Br)s2)NC(=O)N[C@@H]1CC. The summed E-state index contributed by atoms with van der Waals surface area (Å²) in [5, 5.41) is 5.55. The molecule has 2 amide bonds. The third-order valence-electron chi connectivity index (χ3n) is 3.63. The van der Waals surface area contributed by atoms with Gasteiger partial charge in [-0.3, -0.25) is 4.90 Å². The van der Waals surface area contributed by atoms with E-state index in [1.54, 1.807) is 18.3 Å². The Bertz CT molecular complexity index is 644. The molecule has 1 aliphatic rings. The first-order chi connectivity index (χ1) is 11.4. The van der Waals surface area contributed by atoms with Gasteiger partial charge in [0.15, 0.2) is 0 Å². The lowest BCUT2D eigenvalue weighted by Crippen LogP contribution is -2.51. The molecule has 0 saturated carbocycles.